The fourth-order valence-corrected chi connectivity index (χ4v) is 4.62. The Morgan fingerprint density at radius 2 is 1.94 bits per heavy atom. The first-order valence-corrected chi connectivity index (χ1v) is 10.6. The van der Waals surface area contributed by atoms with Gasteiger partial charge in [0, 0.05) is 23.7 Å². The molecule has 0 radical (unpaired) electrons. The maximum absolute atomic E-state index is 14.1. The summed E-state index contributed by atoms with van der Waals surface area (Å²) in [5.41, 5.74) is 1.28. The Balaban J connectivity index is 1.62. The number of carbonyl (C=O) groups is 1. The van der Waals surface area contributed by atoms with E-state index in [-0.39, 0.29) is 40.7 Å². The number of benzene rings is 1. The second kappa shape index (κ2) is 7.65. The highest BCUT2D eigenvalue weighted by Crippen LogP contribution is 2.35. The summed E-state index contributed by atoms with van der Waals surface area (Å²) in [5.74, 6) is -2.56. The molecule has 1 aliphatic rings. The standard InChI is InChI=1S/C21H14BrClF2N4O3/c1-29(21(31)13-4-10-14(27-13)5-26-19(23)18(10)22)16-7-32-6-15-17(16)8-2-11(24)12(25)3-9(8)20(30)28-15/h2-5,16,27H,6-7H2,1H3,(H,28,30)/t16-/m1/s1. The normalized spacial score (nSPS) is 15.8. The third-order valence-corrected chi connectivity index (χ3v) is 6.95. The number of hydrogen-bond donors (Lipinski definition) is 2. The SMILES string of the molecule is CN(C(=O)c1cc2c(Br)c(Cl)ncc2[nH]1)[C@@H]1COCc2[nH]c(=O)c3cc(F)c(F)cc3c21. The molecule has 4 aromatic rings. The molecule has 11 heteroatoms. The topological polar surface area (TPSA) is 91.1 Å². The van der Waals surface area contributed by atoms with Crippen LogP contribution in [0.2, 0.25) is 5.15 Å². The third kappa shape index (κ3) is 3.21. The number of aromatic nitrogens is 3. The highest BCUT2D eigenvalue weighted by molar-refractivity contribution is 9.10. The van der Waals surface area contributed by atoms with Gasteiger partial charge >= 0.3 is 0 Å². The maximum Gasteiger partial charge on any atom is 0.270 e. The second-order valence-corrected chi connectivity index (χ2v) is 8.63. The van der Waals surface area contributed by atoms with Crippen molar-refractivity contribution < 1.29 is 18.3 Å². The minimum Gasteiger partial charge on any atom is -0.373 e. The minimum atomic E-state index is -1.12. The minimum absolute atomic E-state index is 0.00524. The van der Waals surface area contributed by atoms with Gasteiger partial charge in [0.2, 0.25) is 0 Å². The molecule has 0 aliphatic carbocycles. The van der Waals surface area contributed by atoms with Crippen LogP contribution >= 0.6 is 27.5 Å². The van der Waals surface area contributed by atoms with Crippen molar-refractivity contribution in [1.82, 2.24) is 19.9 Å². The number of nitrogens with one attached hydrogen (secondary N) is 2. The summed E-state index contributed by atoms with van der Waals surface area (Å²) >= 11 is 9.40. The molecule has 1 amide bonds. The molecule has 0 unspecified atom stereocenters. The van der Waals surface area contributed by atoms with Gasteiger partial charge < -0.3 is 19.6 Å². The van der Waals surface area contributed by atoms with Gasteiger partial charge in [0.1, 0.15) is 10.8 Å². The van der Waals surface area contributed by atoms with Crippen LogP contribution in [-0.2, 0) is 11.3 Å². The van der Waals surface area contributed by atoms with Crippen molar-refractivity contribution >= 4 is 55.1 Å². The van der Waals surface area contributed by atoms with Crippen molar-refractivity contribution in [3.8, 4) is 0 Å². The number of aromatic amines is 2. The number of amides is 1. The summed E-state index contributed by atoms with van der Waals surface area (Å²) in [6.45, 7) is 0.203. The summed E-state index contributed by atoms with van der Waals surface area (Å²) in [7, 11) is 1.58. The number of ether oxygens (including phenoxy) is 1. The molecule has 164 valence electrons. The molecule has 0 fully saturated rings. The second-order valence-electron chi connectivity index (χ2n) is 7.48. The molecule has 32 heavy (non-hydrogen) atoms. The monoisotopic (exact) mass is 522 g/mol. The van der Waals surface area contributed by atoms with Crippen LogP contribution < -0.4 is 5.56 Å². The highest BCUT2D eigenvalue weighted by atomic mass is 79.9. The summed E-state index contributed by atoms with van der Waals surface area (Å²) in [6.07, 6.45) is 1.52. The van der Waals surface area contributed by atoms with E-state index in [1.807, 2.05) is 0 Å². The lowest BCUT2D eigenvalue weighted by Gasteiger charge is -2.33. The van der Waals surface area contributed by atoms with Crippen LogP contribution in [0.4, 0.5) is 8.78 Å². The molecule has 3 aromatic heterocycles. The van der Waals surface area contributed by atoms with E-state index in [4.69, 9.17) is 16.3 Å². The number of hydrogen-bond acceptors (Lipinski definition) is 4. The van der Waals surface area contributed by atoms with Crippen molar-refractivity contribution in [2.75, 3.05) is 13.7 Å². The van der Waals surface area contributed by atoms with Crippen LogP contribution in [0.15, 0.2) is 33.7 Å². The van der Waals surface area contributed by atoms with Crippen molar-refractivity contribution in [2.24, 2.45) is 0 Å². The molecular formula is C21H14BrClF2N4O3. The van der Waals surface area contributed by atoms with Crippen LogP contribution in [0.1, 0.15) is 27.8 Å². The average molecular weight is 524 g/mol. The van der Waals surface area contributed by atoms with Crippen LogP contribution in [-0.4, -0.2) is 39.4 Å². The molecule has 1 aromatic carbocycles. The molecular weight excluding hydrogens is 510 g/mol. The zero-order valence-corrected chi connectivity index (χ0v) is 18.8. The van der Waals surface area contributed by atoms with Crippen molar-refractivity contribution in [1.29, 1.82) is 0 Å². The largest absolute Gasteiger partial charge is 0.373 e. The summed E-state index contributed by atoms with van der Waals surface area (Å²) < 4.78 is 34.0. The van der Waals surface area contributed by atoms with Gasteiger partial charge in [0.25, 0.3) is 11.5 Å². The van der Waals surface area contributed by atoms with E-state index in [2.05, 4.69) is 30.9 Å². The maximum atomic E-state index is 14.1. The zero-order valence-electron chi connectivity index (χ0n) is 16.4. The predicted molar refractivity (Wildman–Crippen MR) is 118 cm³/mol. The lowest BCUT2D eigenvalue weighted by Crippen LogP contribution is -2.37. The molecule has 0 saturated heterocycles. The molecule has 2 N–H and O–H groups in total. The first-order valence-electron chi connectivity index (χ1n) is 9.47. The molecule has 0 saturated carbocycles. The number of halogens is 4. The van der Waals surface area contributed by atoms with Crippen LogP contribution in [0.25, 0.3) is 21.7 Å². The van der Waals surface area contributed by atoms with Crippen LogP contribution in [0, 0.1) is 11.6 Å². The number of likely N-dealkylation sites (N-methyl/N-ethyl adjacent to an activating group) is 1. The summed E-state index contributed by atoms with van der Waals surface area (Å²) in [5, 5.41) is 1.20. The average Bonchev–Trinajstić information content (AvgIpc) is 3.21. The van der Waals surface area contributed by atoms with Gasteiger partial charge in [0.05, 0.1) is 40.8 Å². The van der Waals surface area contributed by atoms with Gasteiger partial charge in [-0.15, -0.1) is 0 Å². The molecule has 4 heterocycles. The van der Waals surface area contributed by atoms with Crippen molar-refractivity contribution in [2.45, 2.75) is 12.6 Å². The van der Waals surface area contributed by atoms with Gasteiger partial charge in [-0.25, -0.2) is 13.8 Å². The van der Waals surface area contributed by atoms with E-state index in [1.54, 1.807) is 13.1 Å². The first kappa shape index (κ1) is 21.0. The fraction of sp³-hybridized carbons (Fsp3) is 0.190. The summed E-state index contributed by atoms with van der Waals surface area (Å²) in [4.78, 5) is 36.9. The third-order valence-electron chi connectivity index (χ3n) is 5.63. The van der Waals surface area contributed by atoms with Gasteiger partial charge in [-0.2, -0.15) is 0 Å². The quantitative estimate of drug-likeness (QED) is 0.380. The zero-order chi connectivity index (χ0) is 22.7. The number of carbonyl (C=O) groups excluding carboxylic acids is 1. The van der Waals surface area contributed by atoms with E-state index < -0.39 is 23.2 Å². The Bertz CT molecular complexity index is 1490. The Morgan fingerprint density at radius 1 is 1.22 bits per heavy atom. The van der Waals surface area contributed by atoms with Crippen molar-refractivity contribution in [3.63, 3.8) is 0 Å². The van der Waals surface area contributed by atoms with Gasteiger partial charge in [-0.05, 0) is 39.5 Å². The van der Waals surface area contributed by atoms with Crippen LogP contribution in [0.3, 0.4) is 0 Å². The highest BCUT2D eigenvalue weighted by Gasteiger charge is 2.32. The number of nitrogens with zero attached hydrogens (tertiary/aromatic N) is 2. The van der Waals surface area contributed by atoms with Gasteiger partial charge in [0.15, 0.2) is 11.6 Å². The number of pyridine rings is 2. The smallest absolute Gasteiger partial charge is 0.270 e. The van der Waals surface area contributed by atoms with E-state index >= 15 is 0 Å². The predicted octanol–water partition coefficient (Wildman–Crippen LogP) is 4.44. The lowest BCUT2D eigenvalue weighted by atomic mass is 9.95. The fourth-order valence-electron chi connectivity index (χ4n) is 4.04. The van der Waals surface area contributed by atoms with Crippen LogP contribution in [0.5, 0.6) is 0 Å². The first-order chi connectivity index (χ1) is 15.3. The molecule has 0 bridgehead atoms. The number of H-pyrrole nitrogens is 2. The van der Waals surface area contributed by atoms with E-state index in [1.165, 1.54) is 11.1 Å². The Labute approximate surface area is 192 Å². The number of rotatable bonds is 2. The molecule has 7 nitrogen and oxygen atoms in total. The van der Waals surface area contributed by atoms with Crippen molar-refractivity contribution in [3.05, 3.63) is 73.0 Å². The Hall–Kier alpha value is -2.82. The molecule has 1 aliphatic heterocycles. The van der Waals surface area contributed by atoms with Gasteiger partial charge in [-0.3, -0.25) is 9.59 Å². The van der Waals surface area contributed by atoms with E-state index in [0.29, 0.717) is 26.6 Å². The number of fused-ring (bicyclic) bond motifs is 4. The van der Waals surface area contributed by atoms with E-state index in [9.17, 15) is 18.4 Å². The van der Waals surface area contributed by atoms with Gasteiger partial charge in [-0.1, -0.05) is 11.6 Å². The molecule has 0 spiro atoms. The molecule has 1 atom stereocenters. The molecule has 5 rings (SSSR count). The Morgan fingerprint density at radius 3 is 2.69 bits per heavy atom. The van der Waals surface area contributed by atoms with E-state index in [0.717, 1.165) is 12.1 Å². The summed E-state index contributed by atoms with van der Waals surface area (Å²) in [6, 6.07) is 2.86. The Kier molecular flexibility index (Phi) is 5.03. The lowest BCUT2D eigenvalue weighted by molar-refractivity contribution is 0.0333.